The Morgan fingerprint density at radius 2 is 1.88 bits per heavy atom. The van der Waals surface area contributed by atoms with Crippen LogP contribution in [0.15, 0.2) is 44.4 Å². The summed E-state index contributed by atoms with van der Waals surface area (Å²) in [6, 6.07) is 8.00. The zero-order valence-corrected chi connectivity index (χ0v) is 17.5. The van der Waals surface area contributed by atoms with E-state index in [1.165, 1.54) is 18.2 Å². The van der Waals surface area contributed by atoms with Gasteiger partial charge in [-0.05, 0) is 51.7 Å². The Hall–Kier alpha value is -1.29. The molecule has 2 N–H and O–H groups in total. The Bertz CT molecular complexity index is 853. The van der Waals surface area contributed by atoms with E-state index >= 15 is 0 Å². The SMILES string of the molecule is CC[C@H](C)[C@H](NS(=O)(=O)c1ccc(Br)s1)C(=O)NCc1ccc(F)cc1. The molecule has 1 amide bonds. The van der Waals surface area contributed by atoms with Crippen molar-refractivity contribution in [1.29, 1.82) is 0 Å². The summed E-state index contributed by atoms with van der Waals surface area (Å²) in [6.07, 6.45) is 0.630. The fourth-order valence-electron chi connectivity index (χ4n) is 2.23. The molecule has 0 spiro atoms. The monoisotopic (exact) mass is 462 g/mol. The highest BCUT2D eigenvalue weighted by Gasteiger charge is 2.30. The van der Waals surface area contributed by atoms with E-state index in [0.29, 0.717) is 10.2 Å². The molecule has 0 aliphatic carbocycles. The van der Waals surface area contributed by atoms with Crippen molar-refractivity contribution in [3.63, 3.8) is 0 Å². The smallest absolute Gasteiger partial charge is 0.250 e. The summed E-state index contributed by atoms with van der Waals surface area (Å²) >= 11 is 4.32. The highest BCUT2D eigenvalue weighted by Crippen LogP contribution is 2.26. The number of carbonyl (C=O) groups is 1. The van der Waals surface area contributed by atoms with Gasteiger partial charge in [0.1, 0.15) is 16.1 Å². The molecule has 1 heterocycles. The maximum Gasteiger partial charge on any atom is 0.250 e. The molecule has 2 rings (SSSR count). The van der Waals surface area contributed by atoms with Crippen molar-refractivity contribution in [3.8, 4) is 0 Å². The maximum atomic E-state index is 12.9. The number of hydrogen-bond acceptors (Lipinski definition) is 4. The Morgan fingerprint density at radius 3 is 2.42 bits per heavy atom. The van der Waals surface area contributed by atoms with E-state index in [9.17, 15) is 17.6 Å². The van der Waals surface area contributed by atoms with Crippen LogP contribution in [0.25, 0.3) is 0 Å². The van der Waals surface area contributed by atoms with E-state index in [0.717, 1.165) is 16.9 Å². The summed E-state index contributed by atoms with van der Waals surface area (Å²) in [7, 11) is -3.80. The minimum absolute atomic E-state index is 0.143. The minimum atomic E-state index is -3.80. The zero-order chi connectivity index (χ0) is 19.3. The molecule has 9 heteroatoms. The van der Waals surface area contributed by atoms with Crippen LogP contribution in [0.3, 0.4) is 0 Å². The number of halogens is 2. The molecule has 0 unspecified atom stereocenters. The third kappa shape index (κ3) is 5.60. The Balaban J connectivity index is 2.10. The number of carbonyl (C=O) groups excluding carboxylic acids is 1. The van der Waals surface area contributed by atoms with Crippen molar-refractivity contribution in [2.75, 3.05) is 0 Å². The standard InChI is InChI=1S/C17H20BrFN2O3S2/c1-3-11(2)16(21-26(23,24)15-9-8-14(18)25-15)17(22)20-10-12-4-6-13(19)7-5-12/h4-9,11,16,21H,3,10H2,1-2H3,(H,20,22)/t11-,16-/m0/s1. The van der Waals surface area contributed by atoms with Crippen molar-refractivity contribution in [2.45, 2.75) is 37.1 Å². The van der Waals surface area contributed by atoms with E-state index in [4.69, 9.17) is 0 Å². The first-order valence-corrected chi connectivity index (χ1v) is 11.1. The minimum Gasteiger partial charge on any atom is -0.351 e. The van der Waals surface area contributed by atoms with Gasteiger partial charge in [0.05, 0.1) is 3.79 Å². The van der Waals surface area contributed by atoms with E-state index in [1.807, 2.05) is 13.8 Å². The number of sulfonamides is 1. The first-order valence-electron chi connectivity index (χ1n) is 8.02. The van der Waals surface area contributed by atoms with Gasteiger partial charge in [-0.1, -0.05) is 32.4 Å². The van der Waals surface area contributed by atoms with Gasteiger partial charge in [-0.3, -0.25) is 4.79 Å². The lowest BCUT2D eigenvalue weighted by molar-refractivity contribution is -0.124. The summed E-state index contributed by atoms with van der Waals surface area (Å²) in [5.41, 5.74) is 0.729. The molecular formula is C17H20BrFN2O3S2. The van der Waals surface area contributed by atoms with Gasteiger partial charge < -0.3 is 5.32 Å². The van der Waals surface area contributed by atoms with E-state index in [2.05, 4.69) is 26.0 Å². The van der Waals surface area contributed by atoms with Crippen molar-refractivity contribution < 1.29 is 17.6 Å². The lowest BCUT2D eigenvalue weighted by atomic mass is 9.99. The number of nitrogens with one attached hydrogen (secondary N) is 2. The van der Waals surface area contributed by atoms with Crippen molar-refractivity contribution in [2.24, 2.45) is 5.92 Å². The first-order chi connectivity index (χ1) is 12.2. The number of amides is 1. The summed E-state index contributed by atoms with van der Waals surface area (Å²) in [5.74, 6) is -0.961. The largest absolute Gasteiger partial charge is 0.351 e. The van der Waals surface area contributed by atoms with Crippen molar-refractivity contribution >= 4 is 43.2 Å². The Kier molecular flexibility index (Phi) is 7.33. The Labute approximate surface area is 165 Å². The van der Waals surface area contributed by atoms with Crippen LogP contribution in [-0.2, 0) is 21.4 Å². The van der Waals surface area contributed by atoms with Crippen molar-refractivity contribution in [3.05, 3.63) is 51.6 Å². The predicted molar refractivity (Wildman–Crippen MR) is 104 cm³/mol. The van der Waals surface area contributed by atoms with Gasteiger partial charge in [0.15, 0.2) is 0 Å². The normalized spacial score (nSPS) is 14.0. The molecule has 2 atom stereocenters. The van der Waals surface area contributed by atoms with Crippen LogP contribution >= 0.6 is 27.3 Å². The number of hydrogen-bond donors (Lipinski definition) is 2. The van der Waals surface area contributed by atoms with Gasteiger partial charge in [-0.15, -0.1) is 11.3 Å². The van der Waals surface area contributed by atoms with Gasteiger partial charge in [0.2, 0.25) is 5.91 Å². The van der Waals surface area contributed by atoms with E-state index in [-0.39, 0.29) is 22.5 Å². The average Bonchev–Trinajstić information content (AvgIpc) is 3.05. The summed E-state index contributed by atoms with van der Waals surface area (Å²) < 4.78 is 41.4. The summed E-state index contributed by atoms with van der Waals surface area (Å²) in [5, 5.41) is 2.72. The fourth-order valence-corrected chi connectivity index (χ4v) is 5.56. The van der Waals surface area contributed by atoms with Crippen LogP contribution in [0.4, 0.5) is 4.39 Å². The van der Waals surface area contributed by atoms with Gasteiger partial charge >= 0.3 is 0 Å². The Morgan fingerprint density at radius 1 is 1.23 bits per heavy atom. The molecule has 0 aliphatic heterocycles. The molecule has 5 nitrogen and oxygen atoms in total. The number of thiophene rings is 1. The highest BCUT2D eigenvalue weighted by atomic mass is 79.9. The van der Waals surface area contributed by atoms with Gasteiger partial charge in [0.25, 0.3) is 10.0 Å². The maximum absolute atomic E-state index is 12.9. The molecule has 0 fully saturated rings. The van der Waals surface area contributed by atoms with Crippen LogP contribution in [0.2, 0.25) is 0 Å². The number of benzene rings is 1. The second-order valence-corrected chi connectivity index (χ2v) is 10.3. The van der Waals surface area contributed by atoms with Crippen LogP contribution < -0.4 is 10.0 Å². The molecule has 0 saturated carbocycles. The van der Waals surface area contributed by atoms with Gasteiger partial charge in [-0.2, -0.15) is 4.72 Å². The summed E-state index contributed by atoms with van der Waals surface area (Å²) in [4.78, 5) is 12.6. The van der Waals surface area contributed by atoms with Crippen LogP contribution in [0.1, 0.15) is 25.8 Å². The van der Waals surface area contributed by atoms with Crippen LogP contribution in [-0.4, -0.2) is 20.4 Å². The lowest BCUT2D eigenvalue weighted by Crippen LogP contribution is -2.49. The molecule has 1 aromatic heterocycles. The molecule has 26 heavy (non-hydrogen) atoms. The fraction of sp³-hybridized carbons (Fsp3) is 0.353. The quantitative estimate of drug-likeness (QED) is 0.628. The van der Waals surface area contributed by atoms with Crippen LogP contribution in [0.5, 0.6) is 0 Å². The third-order valence-electron chi connectivity index (χ3n) is 3.97. The van der Waals surface area contributed by atoms with Crippen LogP contribution in [0, 0.1) is 11.7 Å². The molecular weight excluding hydrogens is 443 g/mol. The summed E-state index contributed by atoms with van der Waals surface area (Å²) in [6.45, 7) is 3.90. The topological polar surface area (TPSA) is 75.3 Å². The lowest BCUT2D eigenvalue weighted by Gasteiger charge is -2.23. The van der Waals surface area contributed by atoms with Crippen molar-refractivity contribution in [1.82, 2.24) is 10.0 Å². The molecule has 0 radical (unpaired) electrons. The van der Waals surface area contributed by atoms with Gasteiger partial charge in [-0.25, -0.2) is 12.8 Å². The second-order valence-electron chi connectivity index (χ2n) is 5.89. The van der Waals surface area contributed by atoms with E-state index in [1.54, 1.807) is 18.2 Å². The predicted octanol–water partition coefficient (Wildman–Crippen LogP) is 3.66. The zero-order valence-electron chi connectivity index (χ0n) is 14.3. The third-order valence-corrected chi connectivity index (χ3v) is 7.53. The molecule has 0 bridgehead atoms. The number of rotatable bonds is 8. The second kappa shape index (κ2) is 9.07. The highest BCUT2D eigenvalue weighted by molar-refractivity contribution is 9.11. The molecule has 2 aromatic rings. The first kappa shape index (κ1) is 21.0. The molecule has 142 valence electrons. The molecule has 1 aromatic carbocycles. The van der Waals surface area contributed by atoms with Gasteiger partial charge in [0, 0.05) is 6.54 Å². The van der Waals surface area contributed by atoms with E-state index < -0.39 is 22.0 Å². The average molecular weight is 463 g/mol. The molecule has 0 aliphatic rings. The molecule has 0 saturated heterocycles.